The van der Waals surface area contributed by atoms with E-state index in [0.29, 0.717) is 12.1 Å². The van der Waals surface area contributed by atoms with Gasteiger partial charge in [-0.05, 0) is 62.1 Å². The lowest BCUT2D eigenvalue weighted by Gasteiger charge is -2.19. The first-order valence-electron chi connectivity index (χ1n) is 9.45. The third-order valence-electron chi connectivity index (χ3n) is 5.22. The van der Waals surface area contributed by atoms with E-state index < -0.39 is 0 Å². The number of rotatable bonds is 8. The lowest BCUT2D eigenvalue weighted by atomic mass is 10.0. The first-order valence-corrected chi connectivity index (χ1v) is 9.45. The Labute approximate surface area is 156 Å². The molecule has 2 aromatic rings. The molecule has 0 saturated carbocycles. The van der Waals surface area contributed by atoms with E-state index in [4.69, 9.17) is 15.2 Å². The predicted molar refractivity (Wildman–Crippen MR) is 106 cm³/mol. The smallest absolute Gasteiger partial charge is 0.122 e. The van der Waals surface area contributed by atoms with Gasteiger partial charge in [0.25, 0.3) is 0 Å². The molecule has 140 valence electrons. The van der Waals surface area contributed by atoms with Crippen LogP contribution >= 0.6 is 0 Å². The fraction of sp³-hybridized carbons (Fsp3) is 0.455. The zero-order valence-corrected chi connectivity index (χ0v) is 15.9. The second kappa shape index (κ2) is 9.06. The van der Waals surface area contributed by atoms with E-state index in [-0.39, 0.29) is 0 Å². The Balaban J connectivity index is 1.54. The second-order valence-electron chi connectivity index (χ2n) is 7.19. The maximum absolute atomic E-state index is 6.12. The minimum Gasteiger partial charge on any atom is -0.497 e. The molecular formula is C22H30N2O2. The van der Waals surface area contributed by atoms with Crippen molar-refractivity contribution in [2.45, 2.75) is 37.8 Å². The summed E-state index contributed by atoms with van der Waals surface area (Å²) < 4.78 is 11.4. The average molecular weight is 354 g/mol. The van der Waals surface area contributed by atoms with Gasteiger partial charge < -0.3 is 20.1 Å². The minimum absolute atomic E-state index is 0.306. The SMILES string of the molecule is COc1cccc(CCc2ccccc2OCC[C@@H]2C[C@@H](N)CN2C)c1. The van der Waals surface area contributed by atoms with Crippen molar-refractivity contribution in [3.8, 4) is 11.5 Å². The lowest BCUT2D eigenvalue weighted by Crippen LogP contribution is -2.27. The van der Waals surface area contributed by atoms with E-state index in [2.05, 4.69) is 42.3 Å². The molecule has 0 aliphatic carbocycles. The first kappa shape index (κ1) is 18.7. The molecule has 2 N–H and O–H groups in total. The maximum atomic E-state index is 6.12. The molecule has 4 heteroatoms. The molecule has 1 saturated heterocycles. The van der Waals surface area contributed by atoms with Gasteiger partial charge in [-0.3, -0.25) is 0 Å². The molecule has 0 unspecified atom stereocenters. The van der Waals surface area contributed by atoms with E-state index >= 15 is 0 Å². The van der Waals surface area contributed by atoms with Crippen molar-refractivity contribution in [1.29, 1.82) is 0 Å². The fourth-order valence-electron chi connectivity index (χ4n) is 3.72. The number of benzene rings is 2. The standard InChI is InChI=1S/C22H30N2O2/c1-24-16-19(23)15-20(24)12-13-26-22-9-4-3-7-18(22)11-10-17-6-5-8-21(14-17)25-2/h3-9,14,19-20H,10-13,15-16,23H2,1-2H3/t19-,20-/m1/s1. The van der Waals surface area contributed by atoms with Crippen LogP contribution < -0.4 is 15.2 Å². The zero-order valence-electron chi connectivity index (χ0n) is 15.9. The molecule has 2 atom stereocenters. The molecule has 0 bridgehead atoms. The van der Waals surface area contributed by atoms with Crippen LogP contribution in [0.2, 0.25) is 0 Å². The summed E-state index contributed by atoms with van der Waals surface area (Å²) in [6, 6.07) is 17.5. The van der Waals surface area contributed by atoms with Crippen molar-refractivity contribution in [3.05, 3.63) is 59.7 Å². The number of hydrogen-bond donors (Lipinski definition) is 1. The quantitative estimate of drug-likeness (QED) is 0.790. The van der Waals surface area contributed by atoms with Gasteiger partial charge in [0.2, 0.25) is 0 Å². The van der Waals surface area contributed by atoms with Gasteiger partial charge >= 0.3 is 0 Å². The molecule has 1 aliphatic heterocycles. The topological polar surface area (TPSA) is 47.7 Å². The van der Waals surface area contributed by atoms with Crippen molar-refractivity contribution >= 4 is 0 Å². The van der Waals surface area contributed by atoms with Gasteiger partial charge in [-0.2, -0.15) is 0 Å². The van der Waals surface area contributed by atoms with Crippen LogP contribution in [0.15, 0.2) is 48.5 Å². The summed E-state index contributed by atoms with van der Waals surface area (Å²) in [4.78, 5) is 2.35. The summed E-state index contributed by atoms with van der Waals surface area (Å²) in [5.41, 5.74) is 8.58. The van der Waals surface area contributed by atoms with Gasteiger partial charge in [-0.1, -0.05) is 30.3 Å². The molecule has 0 amide bonds. The van der Waals surface area contributed by atoms with Gasteiger partial charge in [0, 0.05) is 18.6 Å². The maximum Gasteiger partial charge on any atom is 0.122 e. The van der Waals surface area contributed by atoms with Gasteiger partial charge in [0.1, 0.15) is 11.5 Å². The van der Waals surface area contributed by atoms with Crippen LogP contribution in [0.25, 0.3) is 0 Å². The highest BCUT2D eigenvalue weighted by Gasteiger charge is 2.26. The normalized spacial score (nSPS) is 20.3. The van der Waals surface area contributed by atoms with Crippen molar-refractivity contribution in [2.75, 3.05) is 27.3 Å². The molecule has 0 radical (unpaired) electrons. The summed E-state index contributed by atoms with van der Waals surface area (Å²) in [6.07, 6.45) is 4.01. The molecule has 0 spiro atoms. The largest absolute Gasteiger partial charge is 0.497 e. The molecule has 1 aliphatic rings. The van der Waals surface area contributed by atoms with E-state index in [1.165, 1.54) is 11.1 Å². The van der Waals surface area contributed by atoms with Crippen molar-refractivity contribution in [1.82, 2.24) is 4.90 Å². The van der Waals surface area contributed by atoms with Crippen molar-refractivity contribution in [2.24, 2.45) is 5.73 Å². The van der Waals surface area contributed by atoms with Crippen LogP contribution in [0.4, 0.5) is 0 Å². The molecular weight excluding hydrogens is 324 g/mol. The highest BCUT2D eigenvalue weighted by molar-refractivity contribution is 5.35. The van der Waals surface area contributed by atoms with E-state index in [1.54, 1.807) is 7.11 Å². The monoisotopic (exact) mass is 354 g/mol. The summed E-state index contributed by atoms with van der Waals surface area (Å²) in [6.45, 7) is 1.72. The zero-order chi connectivity index (χ0) is 18.4. The summed E-state index contributed by atoms with van der Waals surface area (Å²) in [5, 5.41) is 0. The predicted octanol–water partition coefficient (Wildman–Crippen LogP) is 3.28. The summed E-state index contributed by atoms with van der Waals surface area (Å²) >= 11 is 0. The fourth-order valence-corrected chi connectivity index (χ4v) is 3.72. The van der Waals surface area contributed by atoms with Crippen LogP contribution in [0, 0.1) is 0 Å². The third-order valence-corrected chi connectivity index (χ3v) is 5.22. The van der Waals surface area contributed by atoms with E-state index in [1.807, 2.05) is 18.2 Å². The number of nitrogens with two attached hydrogens (primary N) is 1. The lowest BCUT2D eigenvalue weighted by molar-refractivity contribution is 0.232. The van der Waals surface area contributed by atoms with Crippen LogP contribution in [0.3, 0.4) is 0 Å². The highest BCUT2D eigenvalue weighted by atomic mass is 16.5. The van der Waals surface area contributed by atoms with E-state index in [9.17, 15) is 0 Å². The molecule has 4 nitrogen and oxygen atoms in total. The second-order valence-corrected chi connectivity index (χ2v) is 7.19. The van der Waals surface area contributed by atoms with E-state index in [0.717, 1.165) is 50.3 Å². The summed E-state index contributed by atoms with van der Waals surface area (Å²) in [5.74, 6) is 1.91. The Kier molecular flexibility index (Phi) is 6.53. The molecule has 26 heavy (non-hydrogen) atoms. The molecule has 0 aromatic heterocycles. The molecule has 1 fully saturated rings. The Hall–Kier alpha value is -2.04. The number of para-hydroxylation sites is 1. The first-order chi connectivity index (χ1) is 12.7. The number of likely N-dealkylation sites (tertiary alicyclic amines) is 1. The van der Waals surface area contributed by atoms with Crippen LogP contribution in [-0.4, -0.2) is 44.3 Å². The van der Waals surface area contributed by atoms with Gasteiger partial charge in [-0.15, -0.1) is 0 Å². The number of aryl methyl sites for hydroxylation is 2. The number of methoxy groups -OCH3 is 1. The number of nitrogens with zero attached hydrogens (tertiary/aromatic N) is 1. The molecule has 2 aromatic carbocycles. The Morgan fingerprint density at radius 3 is 2.73 bits per heavy atom. The van der Waals surface area contributed by atoms with Crippen LogP contribution in [-0.2, 0) is 12.8 Å². The number of ether oxygens (including phenoxy) is 2. The van der Waals surface area contributed by atoms with Crippen LogP contribution in [0.1, 0.15) is 24.0 Å². The summed E-state index contributed by atoms with van der Waals surface area (Å²) in [7, 11) is 3.86. The Morgan fingerprint density at radius 1 is 1.12 bits per heavy atom. The van der Waals surface area contributed by atoms with Crippen molar-refractivity contribution in [3.63, 3.8) is 0 Å². The van der Waals surface area contributed by atoms with Crippen molar-refractivity contribution < 1.29 is 9.47 Å². The minimum atomic E-state index is 0.306. The average Bonchev–Trinajstić information content (AvgIpc) is 2.98. The van der Waals surface area contributed by atoms with Crippen LogP contribution in [0.5, 0.6) is 11.5 Å². The van der Waals surface area contributed by atoms with Gasteiger partial charge in [0.15, 0.2) is 0 Å². The van der Waals surface area contributed by atoms with Gasteiger partial charge in [0.05, 0.1) is 13.7 Å². The van der Waals surface area contributed by atoms with Gasteiger partial charge in [-0.25, -0.2) is 0 Å². The third kappa shape index (κ3) is 4.99. The highest BCUT2D eigenvalue weighted by Crippen LogP contribution is 2.23. The Bertz CT molecular complexity index is 704. The Morgan fingerprint density at radius 2 is 1.96 bits per heavy atom. The molecule has 1 heterocycles. The number of likely N-dealkylation sites (N-methyl/N-ethyl adjacent to an activating group) is 1. The number of hydrogen-bond acceptors (Lipinski definition) is 4. The molecule has 3 rings (SSSR count).